The van der Waals surface area contributed by atoms with Gasteiger partial charge >= 0.3 is 0 Å². The van der Waals surface area contributed by atoms with E-state index in [0.717, 1.165) is 49.7 Å². The van der Waals surface area contributed by atoms with Crippen LogP contribution in [-0.4, -0.2) is 33.0 Å². The molecule has 4 rings (SSSR count). The summed E-state index contributed by atoms with van der Waals surface area (Å²) in [7, 11) is 0. The van der Waals surface area contributed by atoms with Gasteiger partial charge in [0.25, 0.3) is 0 Å². The lowest BCUT2D eigenvalue weighted by Crippen LogP contribution is -2.27. The molecule has 5 nitrogen and oxygen atoms in total. The zero-order valence-electron chi connectivity index (χ0n) is 13.6. The molecule has 0 atom stereocenters. The molecule has 122 valence electrons. The Balaban J connectivity index is 1.61. The van der Waals surface area contributed by atoms with Crippen LogP contribution in [0.4, 0.5) is 5.95 Å². The van der Waals surface area contributed by atoms with E-state index in [-0.39, 0.29) is 0 Å². The fourth-order valence-corrected chi connectivity index (χ4v) is 3.71. The average molecular weight is 337 g/mol. The van der Waals surface area contributed by atoms with Gasteiger partial charge in [-0.15, -0.1) is 0 Å². The molecule has 0 N–H and O–H groups in total. The number of aromatic nitrogens is 4. The van der Waals surface area contributed by atoms with Crippen LogP contribution in [0.3, 0.4) is 0 Å². The summed E-state index contributed by atoms with van der Waals surface area (Å²) < 4.78 is 0. The van der Waals surface area contributed by atoms with E-state index >= 15 is 0 Å². The van der Waals surface area contributed by atoms with Gasteiger partial charge in [-0.3, -0.25) is 0 Å². The minimum atomic E-state index is 0.810. The largest absolute Gasteiger partial charge is 0.340 e. The van der Waals surface area contributed by atoms with E-state index < -0.39 is 0 Å². The number of hydrogen-bond donors (Lipinski definition) is 0. The minimum absolute atomic E-state index is 0.810. The van der Waals surface area contributed by atoms with E-state index in [2.05, 4.69) is 48.6 Å². The Morgan fingerprint density at radius 1 is 1.08 bits per heavy atom. The molecule has 0 aliphatic carbocycles. The van der Waals surface area contributed by atoms with Gasteiger partial charge < -0.3 is 4.90 Å². The summed E-state index contributed by atoms with van der Waals surface area (Å²) in [5.74, 6) is 0.810. The molecule has 0 saturated heterocycles. The molecule has 0 bridgehead atoms. The second-order valence-corrected chi connectivity index (χ2v) is 6.67. The molecule has 0 saturated carbocycles. The average Bonchev–Trinajstić information content (AvgIpc) is 3.08. The van der Waals surface area contributed by atoms with Gasteiger partial charge in [0.1, 0.15) is 6.33 Å². The van der Waals surface area contributed by atoms with E-state index in [1.54, 1.807) is 17.7 Å². The smallest absolute Gasteiger partial charge is 0.225 e. The van der Waals surface area contributed by atoms with Gasteiger partial charge in [0, 0.05) is 54.1 Å². The van der Waals surface area contributed by atoms with Crippen LogP contribution >= 0.6 is 11.3 Å². The quantitative estimate of drug-likeness (QED) is 0.735. The number of rotatable bonds is 3. The van der Waals surface area contributed by atoms with Crippen LogP contribution in [0.1, 0.15) is 23.7 Å². The van der Waals surface area contributed by atoms with Crippen molar-refractivity contribution >= 4 is 17.3 Å². The second kappa shape index (κ2) is 6.65. The van der Waals surface area contributed by atoms with Crippen molar-refractivity contribution in [3.63, 3.8) is 0 Å². The normalized spacial score (nSPS) is 14.3. The first-order valence-electron chi connectivity index (χ1n) is 8.26. The minimum Gasteiger partial charge on any atom is -0.340 e. The molecule has 24 heavy (non-hydrogen) atoms. The lowest BCUT2D eigenvalue weighted by atomic mass is 10.0. The number of thiophene rings is 1. The number of aryl methyl sites for hydroxylation is 1. The van der Waals surface area contributed by atoms with Crippen molar-refractivity contribution < 1.29 is 0 Å². The second-order valence-electron chi connectivity index (χ2n) is 5.89. The maximum Gasteiger partial charge on any atom is 0.225 e. The van der Waals surface area contributed by atoms with Crippen molar-refractivity contribution in [2.75, 3.05) is 18.0 Å². The van der Waals surface area contributed by atoms with Crippen LogP contribution in [-0.2, 0) is 19.3 Å². The molecule has 1 aliphatic rings. The molecule has 0 unspecified atom stereocenters. The Morgan fingerprint density at radius 2 is 1.92 bits per heavy atom. The molecule has 4 heterocycles. The van der Waals surface area contributed by atoms with Gasteiger partial charge in [0.15, 0.2) is 0 Å². The Kier molecular flexibility index (Phi) is 4.21. The maximum atomic E-state index is 4.54. The summed E-state index contributed by atoms with van der Waals surface area (Å²) in [6, 6.07) is 2.13. The van der Waals surface area contributed by atoms with Crippen molar-refractivity contribution in [2.24, 2.45) is 0 Å². The zero-order chi connectivity index (χ0) is 16.4. The van der Waals surface area contributed by atoms with E-state index in [9.17, 15) is 0 Å². The predicted octanol–water partition coefficient (Wildman–Crippen LogP) is 3.16. The molecule has 0 amide bonds. The highest BCUT2D eigenvalue weighted by atomic mass is 32.1. The number of nitrogens with zero attached hydrogens (tertiary/aromatic N) is 5. The van der Waals surface area contributed by atoms with Gasteiger partial charge in [-0.2, -0.15) is 11.3 Å². The Labute approximate surface area is 145 Å². The summed E-state index contributed by atoms with van der Waals surface area (Å²) >= 11 is 1.70. The maximum absolute atomic E-state index is 4.54. The third-order valence-electron chi connectivity index (χ3n) is 4.46. The lowest BCUT2D eigenvalue weighted by Gasteiger charge is -2.19. The molecule has 0 radical (unpaired) electrons. The Morgan fingerprint density at radius 3 is 2.67 bits per heavy atom. The van der Waals surface area contributed by atoms with E-state index in [4.69, 9.17) is 0 Å². The van der Waals surface area contributed by atoms with Crippen LogP contribution in [0.25, 0.3) is 11.3 Å². The van der Waals surface area contributed by atoms with E-state index in [1.807, 2.05) is 12.4 Å². The van der Waals surface area contributed by atoms with Crippen molar-refractivity contribution in [1.82, 2.24) is 19.9 Å². The standard InChI is InChI=1S/C18H19N5S/c1-2-13-9-19-18(20-10-13)23-6-3-15-16(4-7-23)21-12-22-17(15)14-5-8-24-11-14/h5,8-12H,2-4,6-7H2,1H3. The van der Waals surface area contributed by atoms with Crippen molar-refractivity contribution in [2.45, 2.75) is 26.2 Å². The third kappa shape index (κ3) is 2.89. The third-order valence-corrected chi connectivity index (χ3v) is 5.15. The van der Waals surface area contributed by atoms with Crippen LogP contribution in [0.15, 0.2) is 35.5 Å². The molecule has 6 heteroatoms. The molecular formula is C18H19N5S. The van der Waals surface area contributed by atoms with E-state index in [1.165, 1.54) is 16.7 Å². The van der Waals surface area contributed by atoms with Gasteiger partial charge in [-0.05, 0) is 29.9 Å². The zero-order valence-corrected chi connectivity index (χ0v) is 14.5. The molecule has 3 aromatic rings. The monoisotopic (exact) mass is 337 g/mol. The van der Waals surface area contributed by atoms with Crippen molar-refractivity contribution in [1.29, 1.82) is 0 Å². The van der Waals surface area contributed by atoms with Crippen LogP contribution in [0.2, 0.25) is 0 Å². The fourth-order valence-electron chi connectivity index (χ4n) is 3.07. The Hall–Kier alpha value is -2.34. The summed E-state index contributed by atoms with van der Waals surface area (Å²) in [5, 5.41) is 4.24. The molecule has 0 aromatic carbocycles. The summed E-state index contributed by atoms with van der Waals surface area (Å²) in [6.07, 6.45) is 8.32. The van der Waals surface area contributed by atoms with Crippen molar-refractivity contribution in [3.8, 4) is 11.3 Å². The highest BCUT2D eigenvalue weighted by molar-refractivity contribution is 7.08. The van der Waals surface area contributed by atoms with Crippen LogP contribution in [0.5, 0.6) is 0 Å². The summed E-state index contributed by atoms with van der Waals surface area (Å²) in [4.78, 5) is 20.4. The van der Waals surface area contributed by atoms with Gasteiger partial charge in [0.05, 0.1) is 5.69 Å². The molecule has 0 fully saturated rings. The van der Waals surface area contributed by atoms with Crippen LogP contribution < -0.4 is 4.90 Å². The van der Waals surface area contributed by atoms with Crippen LogP contribution in [0, 0.1) is 0 Å². The highest BCUT2D eigenvalue weighted by Crippen LogP contribution is 2.27. The topological polar surface area (TPSA) is 54.8 Å². The molecule has 0 spiro atoms. The van der Waals surface area contributed by atoms with Gasteiger partial charge in [-0.1, -0.05) is 6.92 Å². The number of anilines is 1. The molecular weight excluding hydrogens is 318 g/mol. The first-order chi connectivity index (χ1) is 11.8. The summed E-state index contributed by atoms with van der Waals surface area (Å²) in [5.41, 5.74) is 5.85. The SMILES string of the molecule is CCc1cnc(N2CCc3ncnc(-c4ccsc4)c3CC2)nc1. The highest BCUT2D eigenvalue weighted by Gasteiger charge is 2.20. The molecule has 3 aromatic heterocycles. The first-order valence-corrected chi connectivity index (χ1v) is 9.20. The Bertz CT molecular complexity index is 814. The molecule has 1 aliphatic heterocycles. The number of fused-ring (bicyclic) bond motifs is 1. The van der Waals surface area contributed by atoms with Gasteiger partial charge in [-0.25, -0.2) is 19.9 Å². The summed E-state index contributed by atoms with van der Waals surface area (Å²) in [6.45, 7) is 3.90. The van der Waals surface area contributed by atoms with Crippen molar-refractivity contribution in [3.05, 3.63) is 52.4 Å². The lowest BCUT2D eigenvalue weighted by molar-refractivity contribution is 0.767. The fraction of sp³-hybridized carbons (Fsp3) is 0.333. The van der Waals surface area contributed by atoms with E-state index in [0.29, 0.717) is 0 Å². The van der Waals surface area contributed by atoms with Gasteiger partial charge in [0.2, 0.25) is 5.95 Å². The first kappa shape index (κ1) is 15.2. The number of hydrogen-bond acceptors (Lipinski definition) is 6. The predicted molar refractivity (Wildman–Crippen MR) is 96.4 cm³/mol.